The Morgan fingerprint density at radius 1 is 1.45 bits per heavy atom. The standard InChI is InChI=1S/C17H20FN3O/c1-10(2)19-17(22)12-6-7-15-14(9-12)16(21-20-15)11-4-3-5-13(18)8-11/h3-5,8,10,12H,6-7,9H2,1-2H3,(H,19,22)(H,20,21)/t12-/m0/s1. The number of hydrogen-bond acceptors (Lipinski definition) is 2. The molecule has 3 rings (SSSR count). The van der Waals surface area contributed by atoms with Gasteiger partial charge in [-0.05, 0) is 45.2 Å². The lowest BCUT2D eigenvalue weighted by Crippen LogP contribution is -2.37. The lowest BCUT2D eigenvalue weighted by Gasteiger charge is -2.23. The number of aryl methyl sites for hydroxylation is 1. The van der Waals surface area contributed by atoms with Crippen LogP contribution < -0.4 is 5.32 Å². The molecular formula is C17H20FN3O. The van der Waals surface area contributed by atoms with Crippen LogP contribution in [0.15, 0.2) is 24.3 Å². The van der Waals surface area contributed by atoms with E-state index >= 15 is 0 Å². The number of carbonyl (C=O) groups is 1. The van der Waals surface area contributed by atoms with E-state index in [1.54, 1.807) is 6.07 Å². The van der Waals surface area contributed by atoms with Gasteiger partial charge in [0, 0.05) is 28.8 Å². The van der Waals surface area contributed by atoms with Gasteiger partial charge in [0.25, 0.3) is 0 Å². The van der Waals surface area contributed by atoms with Crippen molar-refractivity contribution < 1.29 is 9.18 Å². The Labute approximate surface area is 129 Å². The van der Waals surface area contributed by atoms with Crippen LogP contribution in [0.25, 0.3) is 11.3 Å². The maximum Gasteiger partial charge on any atom is 0.223 e. The average molecular weight is 301 g/mol. The Balaban J connectivity index is 1.87. The largest absolute Gasteiger partial charge is 0.354 e. The first kappa shape index (κ1) is 14.8. The summed E-state index contributed by atoms with van der Waals surface area (Å²) in [7, 11) is 0. The second kappa shape index (κ2) is 5.91. The second-order valence-electron chi connectivity index (χ2n) is 6.14. The highest BCUT2D eigenvalue weighted by Gasteiger charge is 2.28. The second-order valence-corrected chi connectivity index (χ2v) is 6.14. The summed E-state index contributed by atoms with van der Waals surface area (Å²) in [5.41, 5.74) is 3.62. The minimum Gasteiger partial charge on any atom is -0.354 e. The molecule has 1 aliphatic rings. The van der Waals surface area contributed by atoms with Crippen LogP contribution >= 0.6 is 0 Å². The van der Waals surface area contributed by atoms with Crippen LogP contribution in [-0.2, 0) is 17.6 Å². The van der Waals surface area contributed by atoms with Gasteiger partial charge in [-0.3, -0.25) is 9.89 Å². The van der Waals surface area contributed by atoms with E-state index in [0.717, 1.165) is 35.4 Å². The lowest BCUT2D eigenvalue weighted by atomic mass is 9.84. The minimum atomic E-state index is -0.279. The van der Waals surface area contributed by atoms with Crippen molar-refractivity contribution in [3.63, 3.8) is 0 Å². The van der Waals surface area contributed by atoms with Crippen molar-refractivity contribution >= 4 is 5.91 Å². The van der Waals surface area contributed by atoms with E-state index < -0.39 is 0 Å². The molecule has 5 heteroatoms. The Kier molecular flexibility index (Phi) is 3.96. The van der Waals surface area contributed by atoms with Crippen molar-refractivity contribution in [1.29, 1.82) is 0 Å². The fraction of sp³-hybridized carbons (Fsp3) is 0.412. The van der Waals surface area contributed by atoms with Gasteiger partial charge < -0.3 is 5.32 Å². The first-order valence-corrected chi connectivity index (χ1v) is 7.67. The number of nitrogens with one attached hydrogen (secondary N) is 2. The molecule has 2 aromatic rings. The molecule has 0 fully saturated rings. The summed E-state index contributed by atoms with van der Waals surface area (Å²) >= 11 is 0. The molecular weight excluding hydrogens is 281 g/mol. The van der Waals surface area contributed by atoms with Crippen LogP contribution in [0.1, 0.15) is 31.5 Å². The zero-order valence-corrected chi connectivity index (χ0v) is 12.8. The van der Waals surface area contributed by atoms with Crippen molar-refractivity contribution in [2.45, 2.75) is 39.2 Å². The molecule has 0 bridgehead atoms. The predicted octanol–water partition coefficient (Wildman–Crippen LogP) is 2.85. The number of amides is 1. The molecule has 1 amide bonds. The maximum atomic E-state index is 13.4. The molecule has 1 heterocycles. The number of hydrogen-bond donors (Lipinski definition) is 2. The SMILES string of the molecule is CC(C)NC(=O)[C@H]1CCc2[nH]nc(-c3cccc(F)c3)c2C1. The Bertz CT molecular complexity index is 693. The number of benzene rings is 1. The number of halogens is 1. The predicted molar refractivity (Wildman–Crippen MR) is 82.8 cm³/mol. The number of carbonyl (C=O) groups excluding carboxylic acids is 1. The Hall–Kier alpha value is -2.17. The molecule has 0 saturated heterocycles. The molecule has 116 valence electrons. The summed E-state index contributed by atoms with van der Waals surface area (Å²) in [4.78, 5) is 12.2. The zero-order valence-electron chi connectivity index (χ0n) is 12.8. The summed E-state index contributed by atoms with van der Waals surface area (Å²) in [5.74, 6) is -0.231. The van der Waals surface area contributed by atoms with E-state index in [0.29, 0.717) is 6.42 Å². The van der Waals surface area contributed by atoms with Crippen molar-refractivity contribution in [2.75, 3.05) is 0 Å². The molecule has 0 aliphatic heterocycles. The molecule has 0 radical (unpaired) electrons. The number of H-pyrrole nitrogens is 1. The molecule has 1 aliphatic carbocycles. The zero-order chi connectivity index (χ0) is 15.7. The van der Waals surface area contributed by atoms with Crippen LogP contribution in [0.2, 0.25) is 0 Å². The molecule has 0 saturated carbocycles. The van der Waals surface area contributed by atoms with E-state index in [-0.39, 0.29) is 23.7 Å². The highest BCUT2D eigenvalue weighted by molar-refractivity contribution is 5.80. The summed E-state index contributed by atoms with van der Waals surface area (Å²) in [6.07, 6.45) is 2.26. The van der Waals surface area contributed by atoms with Gasteiger partial charge in [-0.25, -0.2) is 4.39 Å². The summed E-state index contributed by atoms with van der Waals surface area (Å²) in [6.45, 7) is 3.92. The van der Waals surface area contributed by atoms with Gasteiger partial charge in [-0.1, -0.05) is 12.1 Å². The monoisotopic (exact) mass is 301 g/mol. The molecule has 1 atom stereocenters. The topological polar surface area (TPSA) is 57.8 Å². The first-order chi connectivity index (χ1) is 10.5. The summed E-state index contributed by atoms with van der Waals surface area (Å²) in [5, 5.41) is 10.4. The van der Waals surface area contributed by atoms with Gasteiger partial charge in [0.15, 0.2) is 0 Å². The minimum absolute atomic E-state index is 0.0418. The van der Waals surface area contributed by atoms with Crippen LogP contribution in [-0.4, -0.2) is 22.1 Å². The highest BCUT2D eigenvalue weighted by atomic mass is 19.1. The van der Waals surface area contributed by atoms with Gasteiger partial charge in [-0.2, -0.15) is 5.10 Å². The van der Waals surface area contributed by atoms with Gasteiger partial charge in [-0.15, -0.1) is 0 Å². The van der Waals surface area contributed by atoms with E-state index in [1.807, 2.05) is 19.9 Å². The van der Waals surface area contributed by atoms with Crippen LogP contribution in [0.5, 0.6) is 0 Å². The Morgan fingerprint density at radius 3 is 3.00 bits per heavy atom. The van der Waals surface area contributed by atoms with Crippen molar-refractivity contribution in [2.24, 2.45) is 5.92 Å². The molecule has 0 spiro atoms. The van der Waals surface area contributed by atoms with Crippen LogP contribution in [0, 0.1) is 11.7 Å². The molecule has 1 aromatic carbocycles. The third-order valence-corrected chi connectivity index (χ3v) is 4.05. The number of aromatic nitrogens is 2. The smallest absolute Gasteiger partial charge is 0.223 e. The number of rotatable bonds is 3. The van der Waals surface area contributed by atoms with Gasteiger partial charge in [0.2, 0.25) is 5.91 Å². The first-order valence-electron chi connectivity index (χ1n) is 7.67. The number of fused-ring (bicyclic) bond motifs is 1. The number of aromatic amines is 1. The molecule has 0 unspecified atom stereocenters. The van der Waals surface area contributed by atoms with E-state index in [2.05, 4.69) is 15.5 Å². The summed E-state index contributed by atoms with van der Waals surface area (Å²) in [6, 6.07) is 6.56. The fourth-order valence-electron chi connectivity index (χ4n) is 3.00. The quantitative estimate of drug-likeness (QED) is 0.916. The van der Waals surface area contributed by atoms with E-state index in [4.69, 9.17) is 0 Å². The van der Waals surface area contributed by atoms with Gasteiger partial charge in [0.1, 0.15) is 5.82 Å². The van der Waals surface area contributed by atoms with E-state index in [1.165, 1.54) is 12.1 Å². The van der Waals surface area contributed by atoms with Crippen molar-refractivity contribution in [1.82, 2.24) is 15.5 Å². The van der Waals surface area contributed by atoms with E-state index in [9.17, 15) is 9.18 Å². The lowest BCUT2D eigenvalue weighted by molar-refractivity contribution is -0.125. The van der Waals surface area contributed by atoms with Crippen molar-refractivity contribution in [3.8, 4) is 11.3 Å². The van der Waals surface area contributed by atoms with Gasteiger partial charge >= 0.3 is 0 Å². The molecule has 1 aromatic heterocycles. The normalized spacial score (nSPS) is 17.4. The number of nitrogens with zero attached hydrogens (tertiary/aromatic N) is 1. The third kappa shape index (κ3) is 2.89. The van der Waals surface area contributed by atoms with Crippen LogP contribution in [0.3, 0.4) is 0 Å². The van der Waals surface area contributed by atoms with Crippen LogP contribution in [0.4, 0.5) is 4.39 Å². The maximum absolute atomic E-state index is 13.4. The average Bonchev–Trinajstić information content (AvgIpc) is 2.89. The van der Waals surface area contributed by atoms with Crippen molar-refractivity contribution in [3.05, 3.63) is 41.3 Å². The van der Waals surface area contributed by atoms with Gasteiger partial charge in [0.05, 0.1) is 5.69 Å². The molecule has 2 N–H and O–H groups in total. The summed E-state index contributed by atoms with van der Waals surface area (Å²) < 4.78 is 13.4. The third-order valence-electron chi connectivity index (χ3n) is 4.05. The molecule has 4 nitrogen and oxygen atoms in total. The molecule has 22 heavy (non-hydrogen) atoms. The Morgan fingerprint density at radius 2 is 2.27 bits per heavy atom. The fourth-order valence-corrected chi connectivity index (χ4v) is 3.00. The highest BCUT2D eigenvalue weighted by Crippen LogP contribution is 2.32.